The summed E-state index contributed by atoms with van der Waals surface area (Å²) in [5, 5.41) is 5.31. The Labute approximate surface area is 146 Å². The molecule has 0 saturated heterocycles. The Morgan fingerprint density at radius 2 is 1.72 bits per heavy atom. The van der Waals surface area contributed by atoms with E-state index in [1.165, 1.54) is 12.1 Å². The third-order valence-electron chi connectivity index (χ3n) is 3.90. The van der Waals surface area contributed by atoms with Gasteiger partial charge >= 0.3 is 0 Å². The highest BCUT2D eigenvalue weighted by Gasteiger charge is 2.21. The summed E-state index contributed by atoms with van der Waals surface area (Å²) in [5.41, 5.74) is 1.93. The number of carbonyl (C=O) groups excluding carboxylic acids is 2. The Balaban J connectivity index is 1.89. The number of hydrogen-bond acceptors (Lipinski definition) is 3. The average Bonchev–Trinajstić information content (AvgIpc) is 2.58. The van der Waals surface area contributed by atoms with Crippen LogP contribution in [0.3, 0.4) is 0 Å². The van der Waals surface area contributed by atoms with E-state index in [1.54, 1.807) is 31.0 Å². The zero-order chi connectivity index (χ0) is 18.4. The molecule has 132 valence electrons. The molecule has 6 heteroatoms. The van der Waals surface area contributed by atoms with Crippen molar-refractivity contribution < 1.29 is 14.0 Å². The number of para-hydroxylation sites is 1. The largest absolute Gasteiger partial charge is 0.325 e. The molecule has 0 saturated carbocycles. The topological polar surface area (TPSA) is 61.4 Å². The highest BCUT2D eigenvalue weighted by Crippen LogP contribution is 2.13. The molecule has 0 radical (unpaired) electrons. The smallest absolute Gasteiger partial charge is 0.241 e. The molecule has 0 heterocycles. The van der Waals surface area contributed by atoms with Crippen LogP contribution in [0.5, 0.6) is 0 Å². The quantitative estimate of drug-likeness (QED) is 0.847. The first-order valence-electron chi connectivity index (χ1n) is 7.99. The van der Waals surface area contributed by atoms with Gasteiger partial charge in [0.2, 0.25) is 11.8 Å². The molecule has 2 aromatic rings. The molecule has 0 spiro atoms. The first kappa shape index (κ1) is 18.6. The van der Waals surface area contributed by atoms with Gasteiger partial charge in [0.1, 0.15) is 5.82 Å². The maximum atomic E-state index is 13.6. The number of carbonyl (C=O) groups is 2. The van der Waals surface area contributed by atoms with Gasteiger partial charge in [0.25, 0.3) is 0 Å². The molecule has 2 aromatic carbocycles. The summed E-state index contributed by atoms with van der Waals surface area (Å²) in [6.07, 6.45) is 0. The van der Waals surface area contributed by atoms with Crippen LogP contribution in [0, 0.1) is 12.7 Å². The lowest BCUT2D eigenvalue weighted by Gasteiger charge is -2.23. The summed E-state index contributed by atoms with van der Waals surface area (Å²) >= 11 is 0. The SMILES string of the molecule is Cc1ccc(NC(=O)CN(C)C(C)C(=O)Nc2ccccc2F)cc1. The number of benzene rings is 2. The summed E-state index contributed by atoms with van der Waals surface area (Å²) in [6, 6.07) is 12.8. The third-order valence-corrected chi connectivity index (χ3v) is 3.90. The maximum Gasteiger partial charge on any atom is 0.241 e. The Bertz CT molecular complexity index is 747. The second kappa shape index (κ2) is 8.39. The molecule has 0 aliphatic heterocycles. The molecule has 1 unspecified atom stereocenters. The van der Waals surface area contributed by atoms with Crippen LogP contribution in [0.1, 0.15) is 12.5 Å². The Morgan fingerprint density at radius 3 is 2.36 bits per heavy atom. The van der Waals surface area contributed by atoms with E-state index < -0.39 is 11.9 Å². The molecule has 0 bridgehead atoms. The van der Waals surface area contributed by atoms with Crippen molar-refractivity contribution in [3.8, 4) is 0 Å². The first-order valence-corrected chi connectivity index (χ1v) is 7.99. The van der Waals surface area contributed by atoms with Crippen LogP contribution < -0.4 is 10.6 Å². The number of nitrogens with one attached hydrogen (secondary N) is 2. The van der Waals surface area contributed by atoms with Crippen LogP contribution in [0.15, 0.2) is 48.5 Å². The van der Waals surface area contributed by atoms with Crippen molar-refractivity contribution in [3.05, 3.63) is 59.9 Å². The summed E-state index contributed by atoms with van der Waals surface area (Å²) in [7, 11) is 1.67. The first-order chi connectivity index (χ1) is 11.9. The van der Waals surface area contributed by atoms with Gasteiger partial charge in [0, 0.05) is 5.69 Å². The van der Waals surface area contributed by atoms with Crippen LogP contribution in [-0.2, 0) is 9.59 Å². The zero-order valence-corrected chi connectivity index (χ0v) is 14.5. The molecule has 0 fully saturated rings. The van der Waals surface area contributed by atoms with Gasteiger partial charge in [-0.25, -0.2) is 4.39 Å². The molecule has 5 nitrogen and oxygen atoms in total. The predicted molar refractivity (Wildman–Crippen MR) is 96.9 cm³/mol. The molecule has 2 N–H and O–H groups in total. The molecular formula is C19H22FN3O2. The van der Waals surface area contributed by atoms with Crippen molar-refractivity contribution in [3.63, 3.8) is 0 Å². The fraction of sp³-hybridized carbons (Fsp3) is 0.263. The van der Waals surface area contributed by atoms with Crippen molar-refractivity contribution in [2.75, 3.05) is 24.2 Å². The van der Waals surface area contributed by atoms with E-state index >= 15 is 0 Å². The van der Waals surface area contributed by atoms with Gasteiger partial charge in [-0.2, -0.15) is 0 Å². The van der Waals surface area contributed by atoms with Crippen molar-refractivity contribution in [1.29, 1.82) is 0 Å². The molecule has 0 aliphatic rings. The maximum absolute atomic E-state index is 13.6. The van der Waals surface area contributed by atoms with Gasteiger partial charge in [-0.3, -0.25) is 14.5 Å². The minimum absolute atomic E-state index is 0.0414. The van der Waals surface area contributed by atoms with Crippen molar-refractivity contribution >= 4 is 23.2 Å². The van der Waals surface area contributed by atoms with Crippen LogP contribution in [0.25, 0.3) is 0 Å². The van der Waals surface area contributed by atoms with Crippen molar-refractivity contribution in [1.82, 2.24) is 4.90 Å². The fourth-order valence-corrected chi connectivity index (χ4v) is 2.20. The minimum Gasteiger partial charge on any atom is -0.325 e. The number of aryl methyl sites for hydroxylation is 1. The second-order valence-corrected chi connectivity index (χ2v) is 5.97. The van der Waals surface area contributed by atoms with Gasteiger partial charge in [-0.1, -0.05) is 29.8 Å². The van der Waals surface area contributed by atoms with E-state index in [-0.39, 0.29) is 24.0 Å². The Kier molecular flexibility index (Phi) is 6.25. The molecule has 2 rings (SSSR count). The monoisotopic (exact) mass is 343 g/mol. The number of amides is 2. The Morgan fingerprint density at radius 1 is 1.08 bits per heavy atom. The van der Waals surface area contributed by atoms with Gasteiger partial charge in [-0.15, -0.1) is 0 Å². The van der Waals surface area contributed by atoms with E-state index in [0.29, 0.717) is 5.69 Å². The van der Waals surface area contributed by atoms with Crippen LogP contribution in [0.2, 0.25) is 0 Å². The number of likely N-dealkylation sites (N-methyl/N-ethyl adjacent to an activating group) is 1. The minimum atomic E-state index is -0.594. The summed E-state index contributed by atoms with van der Waals surface area (Å²) in [4.78, 5) is 25.9. The summed E-state index contributed by atoms with van der Waals surface area (Å²) in [5.74, 6) is -1.10. The summed E-state index contributed by atoms with van der Waals surface area (Å²) in [6.45, 7) is 3.67. The van der Waals surface area contributed by atoms with Crippen molar-refractivity contribution in [2.45, 2.75) is 19.9 Å². The highest BCUT2D eigenvalue weighted by molar-refractivity contribution is 5.96. The number of halogens is 1. The van der Waals surface area contributed by atoms with E-state index in [4.69, 9.17) is 0 Å². The van der Waals surface area contributed by atoms with E-state index in [2.05, 4.69) is 10.6 Å². The van der Waals surface area contributed by atoms with Crippen LogP contribution >= 0.6 is 0 Å². The molecular weight excluding hydrogens is 321 g/mol. The molecule has 2 amide bonds. The van der Waals surface area contributed by atoms with Gasteiger partial charge in [0.05, 0.1) is 18.3 Å². The third kappa shape index (κ3) is 5.39. The lowest BCUT2D eigenvalue weighted by atomic mass is 10.2. The van der Waals surface area contributed by atoms with Crippen LogP contribution in [-0.4, -0.2) is 36.3 Å². The number of rotatable bonds is 6. The van der Waals surface area contributed by atoms with Gasteiger partial charge in [0.15, 0.2) is 0 Å². The number of nitrogens with zero attached hydrogens (tertiary/aromatic N) is 1. The average molecular weight is 343 g/mol. The number of anilines is 2. The second-order valence-electron chi connectivity index (χ2n) is 5.97. The standard InChI is InChI=1S/C19H22FN3O2/c1-13-8-10-15(11-9-13)21-18(24)12-23(3)14(2)19(25)22-17-7-5-4-6-16(17)20/h4-11,14H,12H2,1-3H3,(H,21,24)(H,22,25). The van der Waals surface area contributed by atoms with Crippen molar-refractivity contribution in [2.24, 2.45) is 0 Å². The van der Waals surface area contributed by atoms with E-state index in [0.717, 1.165) is 5.56 Å². The number of hydrogen-bond donors (Lipinski definition) is 2. The summed E-state index contributed by atoms with van der Waals surface area (Å²) < 4.78 is 13.6. The molecule has 0 aliphatic carbocycles. The normalized spacial score (nSPS) is 11.9. The lowest BCUT2D eigenvalue weighted by molar-refractivity contribution is -0.122. The van der Waals surface area contributed by atoms with E-state index in [9.17, 15) is 14.0 Å². The zero-order valence-electron chi connectivity index (χ0n) is 14.5. The molecule has 25 heavy (non-hydrogen) atoms. The molecule has 1 atom stereocenters. The molecule has 0 aromatic heterocycles. The van der Waals surface area contributed by atoms with Gasteiger partial charge < -0.3 is 10.6 Å². The van der Waals surface area contributed by atoms with Gasteiger partial charge in [-0.05, 0) is 45.2 Å². The predicted octanol–water partition coefficient (Wildman–Crippen LogP) is 3.03. The van der Waals surface area contributed by atoms with E-state index in [1.807, 2.05) is 31.2 Å². The van der Waals surface area contributed by atoms with Crippen LogP contribution in [0.4, 0.5) is 15.8 Å². The lowest BCUT2D eigenvalue weighted by Crippen LogP contribution is -2.43. The Hall–Kier alpha value is -2.73. The fourth-order valence-electron chi connectivity index (χ4n) is 2.20. The highest BCUT2D eigenvalue weighted by atomic mass is 19.1.